The second kappa shape index (κ2) is 6.84. The smallest absolute Gasteiger partial charge is 0.261 e. The number of amides is 1. The minimum Gasteiger partial charge on any atom is -0.475 e. The van der Waals surface area contributed by atoms with Gasteiger partial charge in [-0.25, -0.2) is 8.78 Å². The summed E-state index contributed by atoms with van der Waals surface area (Å²) in [6, 6.07) is 2.15. The van der Waals surface area contributed by atoms with Gasteiger partial charge >= 0.3 is 0 Å². The molecule has 6 heteroatoms. The maximum Gasteiger partial charge on any atom is 0.261 e. The predicted octanol–water partition coefficient (Wildman–Crippen LogP) is 1.49. The monoisotopic (exact) mass is 270 g/mol. The lowest BCUT2D eigenvalue weighted by Crippen LogP contribution is -2.36. The summed E-state index contributed by atoms with van der Waals surface area (Å²) in [5.41, 5.74) is 5.61. The van der Waals surface area contributed by atoms with Gasteiger partial charge in [0.1, 0.15) is 0 Å². The van der Waals surface area contributed by atoms with Gasteiger partial charge in [0.25, 0.3) is 5.91 Å². The van der Waals surface area contributed by atoms with Crippen LogP contribution in [0.25, 0.3) is 0 Å². The number of halogens is 2. The summed E-state index contributed by atoms with van der Waals surface area (Å²) in [6.45, 7) is 5.10. The van der Waals surface area contributed by atoms with Crippen molar-refractivity contribution in [3.63, 3.8) is 0 Å². The number of rotatable bonds is 6. The van der Waals surface area contributed by atoms with Crippen molar-refractivity contribution in [3.05, 3.63) is 42.0 Å². The van der Waals surface area contributed by atoms with E-state index in [1.165, 1.54) is 13.0 Å². The summed E-state index contributed by atoms with van der Waals surface area (Å²) in [6.07, 6.45) is 0.467. The molecular formula is C13H16F2N2O2. The Hall–Kier alpha value is -1.95. The molecule has 0 spiro atoms. The van der Waals surface area contributed by atoms with Crippen LogP contribution in [0.5, 0.6) is 5.75 Å². The van der Waals surface area contributed by atoms with Crippen molar-refractivity contribution < 1.29 is 18.3 Å². The summed E-state index contributed by atoms with van der Waals surface area (Å²) in [4.78, 5) is 11.5. The van der Waals surface area contributed by atoms with Gasteiger partial charge in [-0.05, 0) is 24.6 Å². The highest BCUT2D eigenvalue weighted by Gasteiger charge is 2.19. The summed E-state index contributed by atoms with van der Waals surface area (Å²) in [5, 5.41) is 2.47. The molecule has 1 atom stereocenters. The molecule has 0 bridgehead atoms. The second-order valence-electron chi connectivity index (χ2n) is 3.89. The highest BCUT2D eigenvalue weighted by atomic mass is 19.1. The summed E-state index contributed by atoms with van der Waals surface area (Å²) in [5.74, 6) is -2.84. The molecule has 19 heavy (non-hydrogen) atoms. The number of benzene rings is 1. The SMILES string of the molecule is C=CCNC(=O)C(C)Oc1c(F)cc(CN)cc1F. The number of carbonyl (C=O) groups is 1. The zero-order chi connectivity index (χ0) is 14.4. The average molecular weight is 270 g/mol. The molecule has 0 heterocycles. The summed E-state index contributed by atoms with van der Waals surface area (Å²) < 4.78 is 32.2. The Kier molecular flexibility index (Phi) is 5.44. The van der Waals surface area contributed by atoms with E-state index in [0.717, 1.165) is 12.1 Å². The molecule has 0 saturated heterocycles. The van der Waals surface area contributed by atoms with Crippen LogP contribution in [0.3, 0.4) is 0 Å². The third-order valence-corrected chi connectivity index (χ3v) is 2.38. The van der Waals surface area contributed by atoms with E-state index < -0.39 is 29.4 Å². The lowest BCUT2D eigenvalue weighted by molar-refractivity contribution is -0.127. The van der Waals surface area contributed by atoms with Gasteiger partial charge in [-0.15, -0.1) is 6.58 Å². The first-order valence-corrected chi connectivity index (χ1v) is 5.72. The van der Waals surface area contributed by atoms with Crippen LogP contribution in [0, 0.1) is 11.6 Å². The number of carbonyl (C=O) groups excluding carboxylic acids is 1. The van der Waals surface area contributed by atoms with Gasteiger partial charge in [0.05, 0.1) is 0 Å². The van der Waals surface area contributed by atoms with Crippen molar-refractivity contribution in [2.24, 2.45) is 5.73 Å². The van der Waals surface area contributed by atoms with E-state index in [9.17, 15) is 13.6 Å². The predicted molar refractivity (Wildman–Crippen MR) is 67.5 cm³/mol. The topological polar surface area (TPSA) is 64.3 Å². The van der Waals surface area contributed by atoms with Gasteiger partial charge in [-0.3, -0.25) is 4.79 Å². The van der Waals surface area contributed by atoms with Crippen molar-refractivity contribution in [3.8, 4) is 5.75 Å². The van der Waals surface area contributed by atoms with Crippen molar-refractivity contribution in [1.82, 2.24) is 5.32 Å². The van der Waals surface area contributed by atoms with Crippen molar-refractivity contribution in [2.75, 3.05) is 6.54 Å². The van der Waals surface area contributed by atoms with E-state index in [2.05, 4.69) is 11.9 Å². The van der Waals surface area contributed by atoms with Crippen LogP contribution in [0.2, 0.25) is 0 Å². The zero-order valence-corrected chi connectivity index (χ0v) is 10.6. The second-order valence-corrected chi connectivity index (χ2v) is 3.89. The number of nitrogens with two attached hydrogens (primary N) is 1. The molecule has 0 fully saturated rings. The number of hydrogen-bond acceptors (Lipinski definition) is 3. The molecule has 1 unspecified atom stereocenters. The first kappa shape index (κ1) is 15.1. The van der Waals surface area contributed by atoms with Gasteiger partial charge in [0, 0.05) is 13.1 Å². The maximum atomic E-state index is 13.6. The Morgan fingerprint density at radius 1 is 1.53 bits per heavy atom. The molecular weight excluding hydrogens is 254 g/mol. The highest BCUT2D eigenvalue weighted by molar-refractivity contribution is 5.80. The molecule has 104 valence electrons. The third kappa shape index (κ3) is 4.03. The summed E-state index contributed by atoms with van der Waals surface area (Å²) >= 11 is 0. The number of nitrogens with one attached hydrogen (secondary N) is 1. The first-order chi connectivity index (χ1) is 8.99. The molecule has 0 radical (unpaired) electrons. The van der Waals surface area contributed by atoms with Gasteiger partial charge < -0.3 is 15.8 Å². The Bertz CT molecular complexity index is 455. The fourth-order valence-electron chi connectivity index (χ4n) is 1.39. The van der Waals surface area contributed by atoms with Gasteiger partial charge in [-0.2, -0.15) is 0 Å². The maximum absolute atomic E-state index is 13.6. The third-order valence-electron chi connectivity index (χ3n) is 2.38. The molecule has 1 rings (SSSR count). The zero-order valence-electron chi connectivity index (χ0n) is 10.6. The standard InChI is InChI=1S/C13H16F2N2O2/c1-3-4-17-13(18)8(2)19-12-10(14)5-9(7-16)6-11(12)15/h3,5-6,8H,1,4,7,16H2,2H3,(H,17,18). The van der Waals surface area contributed by atoms with Crippen LogP contribution in [0.1, 0.15) is 12.5 Å². The minimum atomic E-state index is -1.02. The highest BCUT2D eigenvalue weighted by Crippen LogP contribution is 2.24. The van der Waals surface area contributed by atoms with E-state index in [0.29, 0.717) is 5.56 Å². The Morgan fingerprint density at radius 3 is 2.58 bits per heavy atom. The number of hydrogen-bond donors (Lipinski definition) is 2. The van der Waals surface area contributed by atoms with Crippen LogP contribution in [-0.4, -0.2) is 18.6 Å². The Balaban J connectivity index is 2.82. The van der Waals surface area contributed by atoms with Crippen molar-refractivity contribution in [1.29, 1.82) is 0 Å². The van der Waals surface area contributed by atoms with E-state index in [1.54, 1.807) is 0 Å². The molecule has 0 aliphatic carbocycles. The van der Waals surface area contributed by atoms with E-state index in [4.69, 9.17) is 10.5 Å². The molecule has 0 aliphatic rings. The molecule has 0 saturated carbocycles. The van der Waals surface area contributed by atoms with Crippen molar-refractivity contribution in [2.45, 2.75) is 19.6 Å². The van der Waals surface area contributed by atoms with Crippen LogP contribution >= 0.6 is 0 Å². The molecule has 4 nitrogen and oxygen atoms in total. The molecule has 1 amide bonds. The van der Waals surface area contributed by atoms with Crippen molar-refractivity contribution >= 4 is 5.91 Å². The van der Waals surface area contributed by atoms with E-state index in [1.807, 2.05) is 0 Å². The first-order valence-electron chi connectivity index (χ1n) is 5.72. The fraction of sp³-hybridized carbons (Fsp3) is 0.308. The minimum absolute atomic E-state index is 0.0174. The number of ether oxygens (including phenoxy) is 1. The normalized spacial score (nSPS) is 11.8. The van der Waals surface area contributed by atoms with Crippen LogP contribution in [0.15, 0.2) is 24.8 Å². The van der Waals surface area contributed by atoms with Gasteiger partial charge in [0.2, 0.25) is 0 Å². The summed E-state index contributed by atoms with van der Waals surface area (Å²) in [7, 11) is 0. The lowest BCUT2D eigenvalue weighted by Gasteiger charge is -2.15. The lowest BCUT2D eigenvalue weighted by atomic mass is 10.2. The van der Waals surface area contributed by atoms with Crippen LogP contribution in [0.4, 0.5) is 8.78 Å². The van der Waals surface area contributed by atoms with Gasteiger partial charge in [-0.1, -0.05) is 6.08 Å². The molecule has 0 aromatic heterocycles. The van der Waals surface area contributed by atoms with E-state index >= 15 is 0 Å². The van der Waals surface area contributed by atoms with Gasteiger partial charge in [0.15, 0.2) is 23.5 Å². The molecule has 3 N–H and O–H groups in total. The fourth-order valence-corrected chi connectivity index (χ4v) is 1.39. The average Bonchev–Trinajstić information content (AvgIpc) is 2.39. The van der Waals surface area contributed by atoms with Crippen LogP contribution in [-0.2, 0) is 11.3 Å². The Labute approximate surface area is 110 Å². The quantitative estimate of drug-likeness (QED) is 0.770. The van der Waals surface area contributed by atoms with Crippen LogP contribution < -0.4 is 15.8 Å². The largest absolute Gasteiger partial charge is 0.475 e. The molecule has 0 aliphatic heterocycles. The molecule has 1 aromatic rings. The van der Waals surface area contributed by atoms with E-state index in [-0.39, 0.29) is 13.1 Å². The molecule has 1 aromatic carbocycles. The Morgan fingerprint density at radius 2 is 2.11 bits per heavy atom.